The first-order chi connectivity index (χ1) is 15.5. The first-order valence-electron chi connectivity index (χ1n) is 10.3. The molecule has 0 aliphatic carbocycles. The molecule has 1 heterocycles. The van der Waals surface area contributed by atoms with Gasteiger partial charge in [-0.3, -0.25) is 4.79 Å². The lowest BCUT2D eigenvalue weighted by Crippen LogP contribution is -2.35. The Hall–Kier alpha value is -2.92. The smallest absolute Gasteiger partial charge is 0.416 e. The van der Waals surface area contributed by atoms with Gasteiger partial charge in [0.2, 0.25) is 10.0 Å². The lowest BCUT2D eigenvalue weighted by atomic mass is 10.2. The van der Waals surface area contributed by atoms with Crippen molar-refractivity contribution in [2.24, 2.45) is 0 Å². The number of alkyl halides is 3. The van der Waals surface area contributed by atoms with E-state index in [0.29, 0.717) is 13.1 Å². The van der Waals surface area contributed by atoms with Gasteiger partial charge in [-0.2, -0.15) is 17.5 Å². The predicted octanol–water partition coefficient (Wildman–Crippen LogP) is 4.06. The number of benzene rings is 2. The van der Waals surface area contributed by atoms with E-state index in [2.05, 4.69) is 5.32 Å². The molecule has 1 atom stereocenters. The zero-order chi connectivity index (χ0) is 24.2. The minimum atomic E-state index is -4.50. The Kier molecular flexibility index (Phi) is 7.43. The van der Waals surface area contributed by atoms with Crippen LogP contribution in [0.2, 0.25) is 0 Å². The van der Waals surface area contributed by atoms with Crippen LogP contribution >= 0.6 is 0 Å². The third-order valence-corrected chi connectivity index (χ3v) is 7.05. The summed E-state index contributed by atoms with van der Waals surface area (Å²) in [6.07, 6.45) is -3.27. The first kappa shape index (κ1) is 24.7. The lowest BCUT2D eigenvalue weighted by Gasteiger charge is -2.26. The van der Waals surface area contributed by atoms with E-state index < -0.39 is 39.7 Å². The van der Waals surface area contributed by atoms with E-state index in [1.807, 2.05) is 0 Å². The van der Waals surface area contributed by atoms with Gasteiger partial charge >= 0.3 is 12.1 Å². The van der Waals surface area contributed by atoms with Crippen LogP contribution in [-0.2, 0) is 25.7 Å². The van der Waals surface area contributed by atoms with Crippen molar-refractivity contribution in [3.05, 3.63) is 59.7 Å². The molecule has 1 N–H and O–H groups in total. The number of rotatable bonds is 6. The summed E-state index contributed by atoms with van der Waals surface area (Å²) < 4.78 is 70.1. The van der Waals surface area contributed by atoms with Gasteiger partial charge in [-0.1, -0.05) is 12.5 Å². The molecule has 2 aromatic rings. The molecule has 1 amide bonds. The topological polar surface area (TPSA) is 92.8 Å². The van der Waals surface area contributed by atoms with E-state index in [1.165, 1.54) is 35.5 Å². The molecule has 1 saturated heterocycles. The second-order valence-corrected chi connectivity index (χ2v) is 9.54. The van der Waals surface area contributed by atoms with Crippen molar-refractivity contribution in [1.82, 2.24) is 4.31 Å². The standard InChI is InChI=1S/C22H23F3N2O5S/c1-15(20(28)26-18-10-8-17(9-11-18)22(23,24)25)32-21(29)16-6-5-7-19(14-16)33(30,31)27-12-3-2-4-13-27/h5-11,14-15H,2-4,12-13H2,1H3,(H,26,28). The molecule has 0 bridgehead atoms. The normalized spacial score (nSPS) is 16.1. The minimum absolute atomic E-state index is 0.0396. The second kappa shape index (κ2) is 9.92. The Labute approximate surface area is 189 Å². The number of carbonyl (C=O) groups excluding carboxylic acids is 2. The van der Waals surface area contributed by atoms with Crippen LogP contribution in [0.5, 0.6) is 0 Å². The van der Waals surface area contributed by atoms with Crippen LogP contribution < -0.4 is 5.32 Å². The minimum Gasteiger partial charge on any atom is -0.449 e. The largest absolute Gasteiger partial charge is 0.449 e. The van der Waals surface area contributed by atoms with E-state index >= 15 is 0 Å². The van der Waals surface area contributed by atoms with E-state index in [9.17, 15) is 31.2 Å². The van der Waals surface area contributed by atoms with Crippen LogP contribution in [0.25, 0.3) is 0 Å². The SMILES string of the molecule is CC(OC(=O)c1cccc(S(=O)(=O)N2CCCCC2)c1)C(=O)Nc1ccc(C(F)(F)F)cc1. The summed E-state index contributed by atoms with van der Waals surface area (Å²) in [6, 6.07) is 9.20. The molecule has 0 radical (unpaired) electrons. The van der Waals surface area contributed by atoms with Crippen molar-refractivity contribution in [2.45, 2.75) is 43.4 Å². The number of ether oxygens (including phenoxy) is 1. The number of esters is 1. The molecular weight excluding hydrogens is 461 g/mol. The Morgan fingerprint density at radius 2 is 1.67 bits per heavy atom. The number of nitrogens with one attached hydrogen (secondary N) is 1. The molecule has 3 rings (SSSR count). The van der Waals surface area contributed by atoms with Crippen molar-refractivity contribution < 1.29 is 35.9 Å². The molecule has 1 unspecified atom stereocenters. The van der Waals surface area contributed by atoms with Gasteiger partial charge in [0.05, 0.1) is 16.0 Å². The number of piperidine rings is 1. The van der Waals surface area contributed by atoms with Crippen molar-refractivity contribution in [3.8, 4) is 0 Å². The zero-order valence-electron chi connectivity index (χ0n) is 17.8. The number of hydrogen-bond donors (Lipinski definition) is 1. The Balaban J connectivity index is 1.64. The molecule has 2 aromatic carbocycles. The maximum absolute atomic E-state index is 12.8. The molecular formula is C22H23F3N2O5S. The summed E-state index contributed by atoms with van der Waals surface area (Å²) in [5.74, 6) is -1.65. The number of hydrogen-bond acceptors (Lipinski definition) is 5. The average Bonchev–Trinajstić information content (AvgIpc) is 2.79. The van der Waals surface area contributed by atoms with Crippen molar-refractivity contribution in [1.29, 1.82) is 0 Å². The van der Waals surface area contributed by atoms with Crippen LogP contribution in [-0.4, -0.2) is 43.8 Å². The summed E-state index contributed by atoms with van der Waals surface area (Å²) >= 11 is 0. The number of amides is 1. The van der Waals surface area contributed by atoms with Crippen LogP contribution in [0.1, 0.15) is 42.1 Å². The molecule has 178 valence electrons. The lowest BCUT2D eigenvalue weighted by molar-refractivity contribution is -0.137. The second-order valence-electron chi connectivity index (χ2n) is 7.60. The molecule has 0 spiro atoms. The van der Waals surface area contributed by atoms with Gasteiger partial charge in [-0.25, -0.2) is 13.2 Å². The highest BCUT2D eigenvalue weighted by atomic mass is 32.2. The van der Waals surface area contributed by atoms with E-state index in [0.717, 1.165) is 43.5 Å². The van der Waals surface area contributed by atoms with Gasteiger partial charge in [0.1, 0.15) is 0 Å². The van der Waals surface area contributed by atoms with Crippen LogP contribution in [0.4, 0.5) is 18.9 Å². The van der Waals surface area contributed by atoms with Gasteiger partial charge in [-0.15, -0.1) is 0 Å². The molecule has 7 nitrogen and oxygen atoms in total. The van der Waals surface area contributed by atoms with Gasteiger partial charge in [-0.05, 0) is 62.2 Å². The predicted molar refractivity (Wildman–Crippen MR) is 114 cm³/mol. The van der Waals surface area contributed by atoms with Crippen LogP contribution in [0.3, 0.4) is 0 Å². The molecule has 33 heavy (non-hydrogen) atoms. The van der Waals surface area contributed by atoms with E-state index in [4.69, 9.17) is 4.74 Å². The van der Waals surface area contributed by atoms with Crippen molar-refractivity contribution in [3.63, 3.8) is 0 Å². The molecule has 0 saturated carbocycles. The van der Waals surface area contributed by atoms with E-state index in [1.54, 1.807) is 0 Å². The summed E-state index contributed by atoms with van der Waals surface area (Å²) in [5, 5.41) is 2.37. The van der Waals surface area contributed by atoms with Crippen molar-refractivity contribution in [2.75, 3.05) is 18.4 Å². The first-order valence-corrected chi connectivity index (χ1v) is 11.7. The quantitative estimate of drug-likeness (QED) is 0.625. The van der Waals surface area contributed by atoms with Gasteiger partial charge in [0.25, 0.3) is 5.91 Å². The summed E-state index contributed by atoms with van der Waals surface area (Å²) in [4.78, 5) is 24.7. The average molecular weight is 484 g/mol. The number of sulfonamides is 1. The van der Waals surface area contributed by atoms with E-state index in [-0.39, 0.29) is 16.1 Å². The molecule has 1 aliphatic rings. The van der Waals surface area contributed by atoms with Gasteiger partial charge in [0.15, 0.2) is 6.10 Å². The summed E-state index contributed by atoms with van der Waals surface area (Å²) in [5.41, 5.74) is -0.799. The van der Waals surface area contributed by atoms with Crippen LogP contribution in [0.15, 0.2) is 53.4 Å². The fourth-order valence-electron chi connectivity index (χ4n) is 3.31. The molecule has 0 aromatic heterocycles. The Morgan fingerprint density at radius 1 is 1.03 bits per heavy atom. The summed E-state index contributed by atoms with van der Waals surface area (Å²) in [7, 11) is -3.75. The third kappa shape index (κ3) is 6.11. The number of carbonyl (C=O) groups is 2. The number of anilines is 1. The van der Waals surface area contributed by atoms with Crippen LogP contribution in [0, 0.1) is 0 Å². The summed E-state index contributed by atoms with van der Waals surface area (Å²) in [6.45, 7) is 2.13. The monoisotopic (exact) mass is 484 g/mol. The fourth-order valence-corrected chi connectivity index (χ4v) is 4.87. The Morgan fingerprint density at radius 3 is 2.27 bits per heavy atom. The number of halogens is 3. The molecule has 1 aliphatic heterocycles. The number of nitrogens with zero attached hydrogens (tertiary/aromatic N) is 1. The van der Waals surface area contributed by atoms with Gasteiger partial charge < -0.3 is 10.1 Å². The zero-order valence-corrected chi connectivity index (χ0v) is 18.6. The maximum atomic E-state index is 12.8. The molecule has 1 fully saturated rings. The molecule has 11 heteroatoms. The highest BCUT2D eigenvalue weighted by Gasteiger charge is 2.30. The third-order valence-electron chi connectivity index (χ3n) is 5.16. The van der Waals surface area contributed by atoms with Gasteiger partial charge in [0, 0.05) is 18.8 Å². The van der Waals surface area contributed by atoms with Crippen molar-refractivity contribution >= 4 is 27.6 Å². The maximum Gasteiger partial charge on any atom is 0.416 e. The fraction of sp³-hybridized carbons (Fsp3) is 0.364. The Bertz CT molecular complexity index is 1110. The highest BCUT2D eigenvalue weighted by molar-refractivity contribution is 7.89. The highest BCUT2D eigenvalue weighted by Crippen LogP contribution is 2.30.